The van der Waals surface area contributed by atoms with Crippen LogP contribution in [0, 0.1) is 0 Å². The Balaban J connectivity index is 1.70. The summed E-state index contributed by atoms with van der Waals surface area (Å²) in [6, 6.07) is 18.1. The van der Waals surface area contributed by atoms with Crippen LogP contribution >= 0.6 is 0 Å². The van der Waals surface area contributed by atoms with E-state index >= 15 is 0 Å². The van der Waals surface area contributed by atoms with E-state index in [-0.39, 0.29) is 0 Å². The number of unbranched alkanes of at least 4 members (excludes halogenated alkanes) is 30. The monoisotopic (exact) mass is 1120 g/mol. The molecule has 3 aromatic carbocycles. The van der Waals surface area contributed by atoms with E-state index in [0.29, 0.717) is 57.5 Å². The van der Waals surface area contributed by atoms with Crippen LogP contribution in [0.25, 0.3) is 0 Å². The zero-order valence-electron chi connectivity index (χ0n) is 52.2. The second-order valence-corrected chi connectivity index (χ2v) is 22.5. The Hall–Kier alpha value is -5.13. The quantitative estimate of drug-likeness (QED) is 0.0364. The maximum Gasteiger partial charge on any atom is 0.233 e. The first kappa shape index (κ1) is 68.4. The first-order valence-electron chi connectivity index (χ1n) is 33.2. The Labute approximate surface area is 493 Å². The summed E-state index contributed by atoms with van der Waals surface area (Å²) in [5.74, 6) is 5.50. The molecule has 0 spiro atoms. The van der Waals surface area contributed by atoms with Crippen molar-refractivity contribution in [2.75, 3.05) is 55.6 Å². The molecule has 12 heteroatoms. The van der Waals surface area contributed by atoms with Crippen LogP contribution in [0.1, 0.15) is 273 Å². The molecule has 0 aliphatic rings. The van der Waals surface area contributed by atoms with E-state index in [4.69, 9.17) is 43.4 Å². The van der Waals surface area contributed by atoms with Crippen LogP contribution in [0.4, 0.5) is 34.9 Å². The lowest BCUT2D eigenvalue weighted by Gasteiger charge is -2.16. The largest absolute Gasteiger partial charge is 0.493 e. The standard InChI is InChI=1S/C69H114N6O6/c1-7-13-19-25-31-37-43-76-61-49-58(50-62(55-61)77-44-38-32-26-20-14-8-2)70-67-73-68(71-59-51-63(78-45-39-33-27-21-15-9-3)56-64(52-59)79-46-40-34-28-22-16-10-4)75-69(74-67)72-60-53-65(80-47-41-35-29-23-17-11-5)57-66(54-60)81-48-42-36-30-24-18-12-6/h49-57H,7-48H2,1-6H3,(H3,70,71,72,73,74,75). The summed E-state index contributed by atoms with van der Waals surface area (Å²) in [5.41, 5.74) is 2.26. The average molecular weight is 1120 g/mol. The molecule has 456 valence electrons. The van der Waals surface area contributed by atoms with Crippen LogP contribution in [-0.4, -0.2) is 54.6 Å². The van der Waals surface area contributed by atoms with E-state index in [1.807, 2.05) is 54.6 Å². The minimum absolute atomic E-state index is 0.343. The van der Waals surface area contributed by atoms with Gasteiger partial charge in [0.15, 0.2) is 0 Å². The third-order valence-electron chi connectivity index (χ3n) is 14.6. The van der Waals surface area contributed by atoms with Crippen molar-refractivity contribution in [3.05, 3.63) is 54.6 Å². The number of benzene rings is 3. The highest BCUT2D eigenvalue weighted by Crippen LogP contribution is 2.33. The zero-order valence-corrected chi connectivity index (χ0v) is 52.2. The molecule has 4 rings (SSSR count). The fourth-order valence-electron chi connectivity index (χ4n) is 9.80. The highest BCUT2D eigenvalue weighted by Gasteiger charge is 2.15. The molecule has 3 N–H and O–H groups in total. The van der Waals surface area contributed by atoms with Crippen LogP contribution in [0.5, 0.6) is 34.5 Å². The molecule has 1 heterocycles. The molecule has 0 saturated carbocycles. The van der Waals surface area contributed by atoms with Gasteiger partial charge in [-0.1, -0.05) is 234 Å². The topological polar surface area (TPSA) is 130 Å². The van der Waals surface area contributed by atoms with Crippen molar-refractivity contribution in [1.29, 1.82) is 0 Å². The van der Waals surface area contributed by atoms with Gasteiger partial charge in [0.25, 0.3) is 0 Å². The smallest absolute Gasteiger partial charge is 0.233 e. The Morgan fingerprint density at radius 1 is 0.222 bits per heavy atom. The second-order valence-electron chi connectivity index (χ2n) is 22.5. The summed E-state index contributed by atoms with van der Waals surface area (Å²) in [7, 11) is 0. The molecule has 0 atom stereocenters. The van der Waals surface area contributed by atoms with Gasteiger partial charge in [-0.2, -0.15) is 15.0 Å². The number of nitrogens with zero attached hydrogens (tertiary/aromatic N) is 3. The Kier molecular flexibility index (Phi) is 39.1. The van der Waals surface area contributed by atoms with Gasteiger partial charge < -0.3 is 44.4 Å². The normalized spacial score (nSPS) is 11.2. The Bertz CT molecular complexity index is 1800. The lowest BCUT2D eigenvalue weighted by molar-refractivity contribution is 0.289. The molecule has 81 heavy (non-hydrogen) atoms. The number of hydrogen-bond acceptors (Lipinski definition) is 12. The van der Waals surface area contributed by atoms with E-state index in [1.54, 1.807) is 0 Å². The highest BCUT2D eigenvalue weighted by molar-refractivity contribution is 5.66. The Morgan fingerprint density at radius 3 is 0.556 bits per heavy atom. The van der Waals surface area contributed by atoms with Crippen LogP contribution in [-0.2, 0) is 0 Å². The van der Waals surface area contributed by atoms with Gasteiger partial charge in [-0.25, -0.2) is 0 Å². The number of rotatable bonds is 54. The predicted octanol–water partition coefficient (Wildman–Crippen LogP) is 21.5. The molecule has 0 saturated heterocycles. The van der Waals surface area contributed by atoms with E-state index < -0.39 is 0 Å². The van der Waals surface area contributed by atoms with Gasteiger partial charge in [-0.3, -0.25) is 0 Å². The van der Waals surface area contributed by atoms with Crippen molar-refractivity contribution >= 4 is 34.9 Å². The highest BCUT2D eigenvalue weighted by atomic mass is 16.5. The van der Waals surface area contributed by atoms with Crippen molar-refractivity contribution in [2.45, 2.75) is 273 Å². The summed E-state index contributed by atoms with van der Waals surface area (Å²) in [5, 5.41) is 10.6. The average Bonchev–Trinajstić information content (AvgIpc) is 3.46. The molecule has 0 bridgehead atoms. The van der Waals surface area contributed by atoms with Gasteiger partial charge in [-0.05, 0) is 38.5 Å². The van der Waals surface area contributed by atoms with Gasteiger partial charge in [0.2, 0.25) is 17.8 Å². The van der Waals surface area contributed by atoms with E-state index in [2.05, 4.69) is 57.5 Å². The first-order valence-corrected chi connectivity index (χ1v) is 33.2. The van der Waals surface area contributed by atoms with Crippen LogP contribution in [0.2, 0.25) is 0 Å². The molecular weight excluding hydrogens is 1010 g/mol. The minimum Gasteiger partial charge on any atom is -0.493 e. The van der Waals surface area contributed by atoms with Crippen molar-refractivity contribution in [1.82, 2.24) is 15.0 Å². The van der Waals surface area contributed by atoms with E-state index in [1.165, 1.54) is 154 Å². The van der Waals surface area contributed by atoms with Gasteiger partial charge >= 0.3 is 0 Å². The van der Waals surface area contributed by atoms with Crippen molar-refractivity contribution < 1.29 is 28.4 Å². The summed E-state index contributed by atoms with van der Waals surface area (Å²) in [6.07, 6.45) is 43.0. The molecule has 1 aromatic heterocycles. The van der Waals surface area contributed by atoms with Gasteiger partial charge in [0, 0.05) is 71.7 Å². The van der Waals surface area contributed by atoms with E-state index in [9.17, 15) is 0 Å². The van der Waals surface area contributed by atoms with Crippen molar-refractivity contribution in [3.8, 4) is 34.5 Å². The summed E-state index contributed by atoms with van der Waals surface area (Å²) >= 11 is 0. The summed E-state index contributed by atoms with van der Waals surface area (Å²) in [4.78, 5) is 15.1. The van der Waals surface area contributed by atoms with Gasteiger partial charge in [0.05, 0.1) is 39.6 Å². The molecule has 0 unspecified atom stereocenters. The third-order valence-corrected chi connectivity index (χ3v) is 14.6. The third kappa shape index (κ3) is 33.5. The lowest BCUT2D eigenvalue weighted by atomic mass is 10.1. The summed E-state index contributed by atoms with van der Waals surface area (Å²) in [6.45, 7) is 17.4. The fraction of sp³-hybridized carbons (Fsp3) is 0.696. The number of aromatic nitrogens is 3. The predicted molar refractivity (Wildman–Crippen MR) is 342 cm³/mol. The number of nitrogens with one attached hydrogen (secondary N) is 3. The number of anilines is 6. The maximum absolute atomic E-state index is 6.44. The summed E-state index contributed by atoms with van der Waals surface area (Å²) < 4.78 is 38.6. The van der Waals surface area contributed by atoms with Crippen LogP contribution in [0.15, 0.2) is 54.6 Å². The molecular formula is C69H114N6O6. The molecule has 0 radical (unpaired) electrons. The molecule has 0 aliphatic heterocycles. The SMILES string of the molecule is CCCCCCCCOc1cc(Nc2nc(Nc3cc(OCCCCCCCC)cc(OCCCCCCCC)c3)nc(Nc3cc(OCCCCCCCC)cc(OCCCCCCCC)c3)n2)cc(OCCCCCCCC)c1. The molecule has 4 aromatic rings. The van der Waals surface area contributed by atoms with Crippen LogP contribution in [0.3, 0.4) is 0 Å². The minimum atomic E-state index is 0.343. The second kappa shape index (κ2) is 46.4. The molecule has 0 fully saturated rings. The molecule has 0 amide bonds. The number of ether oxygens (including phenoxy) is 6. The molecule has 12 nitrogen and oxygen atoms in total. The van der Waals surface area contributed by atoms with Crippen LogP contribution < -0.4 is 44.4 Å². The molecule has 0 aliphatic carbocycles. The lowest BCUT2D eigenvalue weighted by Crippen LogP contribution is -2.08. The van der Waals surface area contributed by atoms with Crippen molar-refractivity contribution in [3.63, 3.8) is 0 Å². The van der Waals surface area contributed by atoms with Crippen molar-refractivity contribution in [2.24, 2.45) is 0 Å². The zero-order chi connectivity index (χ0) is 57.5. The maximum atomic E-state index is 6.44. The first-order chi connectivity index (χ1) is 39.9. The van der Waals surface area contributed by atoms with E-state index in [0.717, 1.165) is 129 Å². The van der Waals surface area contributed by atoms with Gasteiger partial charge in [0.1, 0.15) is 34.5 Å². The van der Waals surface area contributed by atoms with Gasteiger partial charge in [-0.15, -0.1) is 0 Å². The number of hydrogen-bond donors (Lipinski definition) is 3. The fourth-order valence-corrected chi connectivity index (χ4v) is 9.80. The Morgan fingerprint density at radius 2 is 0.383 bits per heavy atom.